The Morgan fingerprint density at radius 3 is 0.629 bits per heavy atom. The number of aromatic nitrogens is 6. The molecule has 20 aromatic carbocycles. The minimum absolute atomic E-state index is 0.660. The summed E-state index contributed by atoms with van der Waals surface area (Å²) in [7, 11) is 0. The maximum atomic E-state index is 9.60. The van der Waals surface area contributed by atoms with Crippen molar-refractivity contribution in [3.05, 3.63) is 484 Å². The first-order valence-corrected chi connectivity index (χ1v) is 44.4. The molecule has 0 unspecified atom stereocenters. The first kappa shape index (κ1) is 77.3. The van der Waals surface area contributed by atoms with Crippen molar-refractivity contribution in [3.8, 4) is 108 Å². The lowest BCUT2D eigenvalue weighted by molar-refractivity contribution is 1.18. The summed E-state index contributed by atoms with van der Waals surface area (Å²) in [6.45, 7) is 0. The summed E-state index contributed by atoms with van der Waals surface area (Å²) in [4.78, 5) is 0. The van der Waals surface area contributed by atoms with E-state index in [1.165, 1.54) is 126 Å². The number of fused-ring (bicyclic) bond motifs is 18. The van der Waals surface area contributed by atoms with Gasteiger partial charge in [-0.3, -0.25) is 0 Å². The normalized spacial score (nSPS) is 11.5. The first-order valence-electron chi connectivity index (χ1n) is 44.4. The predicted molar refractivity (Wildman–Crippen MR) is 547 cm³/mol. The third-order valence-corrected chi connectivity index (χ3v) is 26.3. The first-order chi connectivity index (χ1) is 65.3. The molecule has 0 amide bonds. The number of benzene rings is 20. The van der Waals surface area contributed by atoms with E-state index in [0.29, 0.717) is 16.7 Å². The van der Waals surface area contributed by atoms with Crippen LogP contribution < -0.4 is 0 Å². The van der Waals surface area contributed by atoms with E-state index in [1.807, 2.05) is 36.4 Å². The summed E-state index contributed by atoms with van der Waals surface area (Å²) >= 11 is 0. The van der Waals surface area contributed by atoms with Crippen LogP contribution in [0.15, 0.2) is 467 Å². The zero-order valence-corrected chi connectivity index (χ0v) is 71.5. The fourth-order valence-electron chi connectivity index (χ4n) is 20.1. The van der Waals surface area contributed by atoms with Crippen LogP contribution in [-0.2, 0) is 0 Å². The summed E-state index contributed by atoms with van der Waals surface area (Å²) in [6, 6.07) is 172. The predicted octanol–water partition coefficient (Wildman–Crippen LogP) is 31.6. The molecule has 0 N–H and O–H groups in total. The zero-order chi connectivity index (χ0) is 87.9. The van der Waals surface area contributed by atoms with E-state index >= 15 is 0 Å². The second kappa shape index (κ2) is 32.3. The Labute approximate surface area is 760 Å². The Morgan fingerprint density at radius 2 is 0.318 bits per heavy atom. The summed E-state index contributed by atoms with van der Waals surface area (Å²) in [5.41, 5.74) is 34.2. The van der Waals surface area contributed by atoms with Crippen molar-refractivity contribution >= 4 is 131 Å². The molecule has 0 radical (unpaired) electrons. The number of rotatable bonds is 11. The molecular formula is C123H77N9. The molecule has 9 heteroatoms. The molecule has 0 saturated heterocycles. The van der Waals surface area contributed by atoms with E-state index in [0.717, 1.165) is 94.5 Å². The van der Waals surface area contributed by atoms with Gasteiger partial charge in [0.2, 0.25) is 0 Å². The second-order valence-corrected chi connectivity index (χ2v) is 33.6. The van der Waals surface area contributed by atoms with Gasteiger partial charge < -0.3 is 27.4 Å². The third-order valence-electron chi connectivity index (χ3n) is 26.3. The van der Waals surface area contributed by atoms with Gasteiger partial charge in [0, 0.05) is 98.8 Å². The summed E-state index contributed by atoms with van der Waals surface area (Å²) in [5.74, 6) is 0. The lowest BCUT2D eigenvalue weighted by Crippen LogP contribution is -1.94. The molecule has 26 rings (SSSR count). The zero-order valence-electron chi connectivity index (χ0n) is 71.5. The van der Waals surface area contributed by atoms with Crippen LogP contribution in [0.3, 0.4) is 0 Å². The van der Waals surface area contributed by atoms with E-state index in [-0.39, 0.29) is 0 Å². The molecule has 0 fully saturated rings. The molecule has 0 aliphatic carbocycles. The van der Waals surface area contributed by atoms with Gasteiger partial charge in [-0.05, 0) is 238 Å². The molecule has 26 aromatic rings. The smallest absolute Gasteiger partial charge is 0.0992 e. The molecule has 0 aliphatic heterocycles. The van der Waals surface area contributed by atoms with Crippen molar-refractivity contribution in [2.45, 2.75) is 0 Å². The van der Waals surface area contributed by atoms with Crippen molar-refractivity contribution in [2.24, 2.45) is 0 Å². The quantitative estimate of drug-likeness (QED) is 0.129. The van der Waals surface area contributed by atoms with E-state index in [4.69, 9.17) is 0 Å². The van der Waals surface area contributed by atoms with Gasteiger partial charge in [0.15, 0.2) is 0 Å². The molecule has 0 bridgehead atoms. The number of hydrogen-bond donors (Lipinski definition) is 0. The van der Waals surface area contributed by atoms with Crippen molar-refractivity contribution in [1.29, 1.82) is 15.8 Å². The van der Waals surface area contributed by atoms with Gasteiger partial charge in [0.25, 0.3) is 0 Å². The van der Waals surface area contributed by atoms with Crippen LogP contribution in [-0.4, -0.2) is 27.4 Å². The molecule has 132 heavy (non-hydrogen) atoms. The Kier molecular flexibility index (Phi) is 18.9. The monoisotopic (exact) mass is 1680 g/mol. The van der Waals surface area contributed by atoms with E-state index in [9.17, 15) is 15.8 Å². The summed E-state index contributed by atoms with van der Waals surface area (Å²) in [5, 5.41) is 43.2. The van der Waals surface area contributed by atoms with Gasteiger partial charge in [0.05, 0.1) is 101 Å². The fraction of sp³-hybridized carbons (Fsp3) is 0. The van der Waals surface area contributed by atoms with Gasteiger partial charge in [0.1, 0.15) is 0 Å². The Hall–Kier alpha value is -18.3. The minimum Gasteiger partial charge on any atom is -0.309 e. The number of hydrogen-bond acceptors (Lipinski definition) is 3. The maximum absolute atomic E-state index is 9.60. The molecule has 0 atom stereocenters. The fourth-order valence-corrected chi connectivity index (χ4v) is 20.1. The van der Waals surface area contributed by atoms with Gasteiger partial charge in [-0.15, -0.1) is 0 Å². The minimum atomic E-state index is 0.660. The van der Waals surface area contributed by atoms with Crippen molar-refractivity contribution in [1.82, 2.24) is 27.4 Å². The van der Waals surface area contributed by atoms with Crippen molar-refractivity contribution < 1.29 is 0 Å². The average molecular weight is 1680 g/mol. The number of para-hydroxylation sites is 7. The van der Waals surface area contributed by atoms with E-state index in [1.54, 1.807) is 0 Å². The van der Waals surface area contributed by atoms with Gasteiger partial charge in [-0.1, -0.05) is 285 Å². The number of nitriles is 3. The van der Waals surface area contributed by atoms with Gasteiger partial charge in [-0.25, -0.2) is 0 Å². The Balaban J connectivity index is 0.000000110. The molecule has 0 saturated carbocycles. The van der Waals surface area contributed by atoms with Crippen LogP contribution in [0.4, 0.5) is 0 Å². The molecule has 6 heterocycles. The topological polar surface area (TPSA) is 101 Å². The lowest BCUT2D eigenvalue weighted by atomic mass is 10.0. The largest absolute Gasteiger partial charge is 0.309 e. The lowest BCUT2D eigenvalue weighted by Gasteiger charge is -2.11. The number of nitrogens with zero attached hydrogens (tertiary/aromatic N) is 9. The molecule has 0 aliphatic rings. The van der Waals surface area contributed by atoms with Crippen LogP contribution in [0.5, 0.6) is 0 Å². The molecule has 0 spiro atoms. The van der Waals surface area contributed by atoms with Crippen LogP contribution in [0.25, 0.3) is 221 Å². The third kappa shape index (κ3) is 13.2. The van der Waals surface area contributed by atoms with Gasteiger partial charge in [-0.2, -0.15) is 15.8 Å². The summed E-state index contributed by atoms with van der Waals surface area (Å²) in [6.07, 6.45) is 0. The second-order valence-electron chi connectivity index (χ2n) is 33.6. The maximum Gasteiger partial charge on any atom is 0.0992 e. The highest BCUT2D eigenvalue weighted by molar-refractivity contribution is 6.16. The molecule has 6 aromatic heterocycles. The van der Waals surface area contributed by atoms with Crippen molar-refractivity contribution in [3.63, 3.8) is 0 Å². The Morgan fingerprint density at radius 1 is 0.121 bits per heavy atom. The van der Waals surface area contributed by atoms with Crippen LogP contribution in [0.2, 0.25) is 0 Å². The summed E-state index contributed by atoms with van der Waals surface area (Å²) < 4.78 is 13.9. The van der Waals surface area contributed by atoms with Gasteiger partial charge >= 0.3 is 0 Å². The van der Waals surface area contributed by atoms with E-state index in [2.05, 4.69) is 476 Å². The molecule has 9 nitrogen and oxygen atoms in total. The van der Waals surface area contributed by atoms with E-state index < -0.39 is 0 Å². The molecular weight excluding hydrogens is 1600 g/mol. The standard InChI is InChI=1S/2C43H27N3.C37H23N3/c44-28-29-17-23-38-36-13-4-6-15-40(36)45(43(38)25-29)34-21-18-31(19-22-34)33-20-24-42-39(27-33)37-14-5-7-16-41(37)46(42)35-12-8-11-32(26-35)30-9-2-1-3-10-30;44-28-29-14-24-38-36-10-4-6-12-40(36)46(43(38)26-29)35-22-17-32(18-23-35)33-19-25-42-39(27-33)37-11-5-7-13-41(37)45(42)34-20-15-31(16-21-34)30-8-2-1-3-9-30;38-24-25-14-20-32-30-10-4-6-12-34(30)40(37(32)22-25)29-18-15-26(16-19-29)27-17-21-36-33(23-27)31-11-5-7-13-35(31)39(36)28-8-2-1-3-9-28/h2*1-27H;1-23H. The van der Waals surface area contributed by atoms with Crippen LogP contribution in [0, 0.1) is 34.0 Å². The van der Waals surface area contributed by atoms with Crippen molar-refractivity contribution in [2.75, 3.05) is 0 Å². The van der Waals surface area contributed by atoms with Crippen LogP contribution in [0.1, 0.15) is 16.7 Å². The Bertz CT molecular complexity index is 9200. The highest BCUT2D eigenvalue weighted by Crippen LogP contribution is 2.44. The molecule has 614 valence electrons. The highest BCUT2D eigenvalue weighted by Gasteiger charge is 2.22. The SMILES string of the molecule is N#Cc1ccc2c3ccccc3n(-c3ccc(-c4ccc5c(c4)c4ccccc4n5-c4ccc(-c5ccccc5)cc4)cc3)c2c1.N#Cc1ccc2c3ccccc3n(-c3ccc(-c4ccc5c(c4)c4ccccc4n5-c4cccc(-c5ccccc5)c4)cc3)c2c1.N#Cc1ccc2c3ccccc3n(-c3ccc(-c4ccc5c(c4)c4ccccc4n5-c4ccccc4)cc3)c2c1. The average Bonchev–Trinajstić information content (AvgIpc) is 1.62. The van der Waals surface area contributed by atoms with Crippen LogP contribution >= 0.6 is 0 Å². The highest BCUT2D eigenvalue weighted by atomic mass is 15.0.